The summed E-state index contributed by atoms with van der Waals surface area (Å²) in [5.41, 5.74) is 0.814. The second-order valence-corrected chi connectivity index (χ2v) is 8.12. The molecule has 5 nitrogen and oxygen atoms in total. The number of rotatable bonds is 10. The fraction of sp³-hybridized carbons (Fsp3) is 0.364. The van der Waals surface area contributed by atoms with E-state index in [-0.39, 0.29) is 25.0 Å². The first-order valence-corrected chi connectivity index (χ1v) is 10.8. The van der Waals surface area contributed by atoms with Crippen molar-refractivity contribution in [3.8, 4) is 5.75 Å². The van der Waals surface area contributed by atoms with Gasteiger partial charge in [0, 0.05) is 23.1 Å². The minimum atomic E-state index is -0.683. The van der Waals surface area contributed by atoms with E-state index in [4.69, 9.17) is 39.5 Å². The number of carbonyl (C=O) groups is 2. The molecule has 0 aliphatic rings. The maximum absolute atomic E-state index is 13.0. The second-order valence-electron chi connectivity index (χ2n) is 6.84. The molecule has 0 heterocycles. The third kappa shape index (κ3) is 7.38. The van der Waals surface area contributed by atoms with Crippen LogP contribution in [0.4, 0.5) is 0 Å². The van der Waals surface area contributed by atoms with Gasteiger partial charge in [-0.25, -0.2) is 0 Å². The third-order valence-corrected chi connectivity index (χ3v) is 5.25. The van der Waals surface area contributed by atoms with E-state index in [1.807, 2.05) is 13.0 Å². The average Bonchev–Trinajstić information content (AvgIpc) is 2.71. The Morgan fingerprint density at radius 1 is 1.10 bits per heavy atom. The zero-order chi connectivity index (χ0) is 22.1. The van der Waals surface area contributed by atoms with Crippen LogP contribution in [0.5, 0.6) is 5.75 Å². The van der Waals surface area contributed by atoms with Gasteiger partial charge in [0.2, 0.25) is 5.91 Å². The van der Waals surface area contributed by atoms with Crippen LogP contribution < -0.4 is 10.1 Å². The zero-order valence-corrected chi connectivity index (χ0v) is 19.2. The Kier molecular flexibility index (Phi) is 9.76. The standard InChI is InChI=1S/C22H25Cl3N2O3/c1-3-4-10-26-22(29)15(2)27(13-16-6-5-7-17(23)11-16)21(28)14-30-20-9-8-18(24)12-19(20)25/h5-9,11-12,15H,3-4,10,13-14H2,1-2H3,(H,26,29). The topological polar surface area (TPSA) is 58.6 Å². The summed E-state index contributed by atoms with van der Waals surface area (Å²) in [7, 11) is 0. The first-order chi connectivity index (χ1) is 14.3. The van der Waals surface area contributed by atoms with Gasteiger partial charge >= 0.3 is 0 Å². The van der Waals surface area contributed by atoms with Crippen molar-refractivity contribution in [2.45, 2.75) is 39.3 Å². The van der Waals surface area contributed by atoms with Gasteiger partial charge in [-0.1, -0.05) is 60.3 Å². The summed E-state index contributed by atoms with van der Waals surface area (Å²) >= 11 is 18.1. The zero-order valence-electron chi connectivity index (χ0n) is 17.0. The molecular weight excluding hydrogens is 447 g/mol. The highest BCUT2D eigenvalue weighted by Crippen LogP contribution is 2.27. The second kappa shape index (κ2) is 12.0. The number of unbranched alkanes of at least 4 members (excludes halogenated alkanes) is 1. The fourth-order valence-corrected chi connectivity index (χ4v) is 3.44. The summed E-state index contributed by atoms with van der Waals surface area (Å²) in [5.74, 6) is -0.223. The van der Waals surface area contributed by atoms with Gasteiger partial charge < -0.3 is 15.0 Å². The molecule has 8 heteroatoms. The summed E-state index contributed by atoms with van der Waals surface area (Å²) in [6.45, 7) is 4.26. The predicted octanol–water partition coefficient (Wildman–Crippen LogP) is 5.36. The number of nitrogens with one attached hydrogen (secondary N) is 1. The maximum Gasteiger partial charge on any atom is 0.261 e. The van der Waals surface area contributed by atoms with E-state index in [9.17, 15) is 9.59 Å². The molecule has 30 heavy (non-hydrogen) atoms. The van der Waals surface area contributed by atoms with Gasteiger partial charge in [0.05, 0.1) is 5.02 Å². The summed E-state index contributed by atoms with van der Waals surface area (Å²) in [6.07, 6.45) is 1.84. The van der Waals surface area contributed by atoms with E-state index in [2.05, 4.69) is 5.32 Å². The van der Waals surface area contributed by atoms with Crippen LogP contribution in [0.15, 0.2) is 42.5 Å². The van der Waals surface area contributed by atoms with Crippen molar-refractivity contribution in [3.05, 3.63) is 63.1 Å². The third-order valence-electron chi connectivity index (χ3n) is 4.48. The van der Waals surface area contributed by atoms with Gasteiger partial charge in [0.15, 0.2) is 6.61 Å². The van der Waals surface area contributed by atoms with E-state index in [1.54, 1.807) is 37.3 Å². The lowest BCUT2D eigenvalue weighted by Crippen LogP contribution is -2.49. The van der Waals surface area contributed by atoms with Gasteiger partial charge in [-0.15, -0.1) is 0 Å². The molecule has 0 spiro atoms. The molecule has 2 aromatic carbocycles. The van der Waals surface area contributed by atoms with Crippen molar-refractivity contribution >= 4 is 46.6 Å². The van der Waals surface area contributed by atoms with Crippen LogP contribution in [0.3, 0.4) is 0 Å². The summed E-state index contributed by atoms with van der Waals surface area (Å²) in [6, 6.07) is 11.3. The van der Waals surface area contributed by atoms with Gasteiger partial charge in [-0.2, -0.15) is 0 Å². The molecule has 1 atom stereocenters. The first-order valence-electron chi connectivity index (χ1n) is 9.71. The molecule has 1 N–H and O–H groups in total. The molecule has 0 bridgehead atoms. The Bertz CT molecular complexity index is 876. The lowest BCUT2D eigenvalue weighted by atomic mass is 10.1. The minimum Gasteiger partial charge on any atom is -0.482 e. The van der Waals surface area contributed by atoms with Crippen molar-refractivity contribution in [1.82, 2.24) is 10.2 Å². The molecule has 2 rings (SSSR count). The van der Waals surface area contributed by atoms with E-state index in [0.717, 1.165) is 18.4 Å². The van der Waals surface area contributed by atoms with Crippen LogP contribution >= 0.6 is 34.8 Å². The summed E-state index contributed by atoms with van der Waals surface area (Å²) in [5, 5.41) is 4.21. The highest BCUT2D eigenvalue weighted by molar-refractivity contribution is 6.35. The maximum atomic E-state index is 13.0. The molecule has 0 saturated heterocycles. The first kappa shape index (κ1) is 24.3. The molecule has 0 aliphatic carbocycles. The Morgan fingerprint density at radius 3 is 2.50 bits per heavy atom. The van der Waals surface area contributed by atoms with Crippen LogP contribution in [0.25, 0.3) is 0 Å². The Balaban J connectivity index is 2.13. The number of nitrogens with zero attached hydrogens (tertiary/aromatic N) is 1. The average molecular weight is 472 g/mol. The predicted molar refractivity (Wildman–Crippen MR) is 121 cm³/mol. The van der Waals surface area contributed by atoms with E-state index in [0.29, 0.717) is 27.4 Å². The lowest BCUT2D eigenvalue weighted by molar-refractivity contribution is -0.142. The Labute approximate surface area is 192 Å². The number of carbonyl (C=O) groups excluding carboxylic acids is 2. The number of amides is 2. The molecule has 2 aromatic rings. The van der Waals surface area contributed by atoms with Crippen LogP contribution in [-0.4, -0.2) is 35.9 Å². The molecule has 1 unspecified atom stereocenters. The minimum absolute atomic E-state index is 0.219. The van der Waals surface area contributed by atoms with Crippen molar-refractivity contribution in [1.29, 1.82) is 0 Å². The fourth-order valence-electron chi connectivity index (χ4n) is 2.77. The van der Waals surface area contributed by atoms with Crippen molar-refractivity contribution in [2.75, 3.05) is 13.2 Å². The lowest BCUT2D eigenvalue weighted by Gasteiger charge is -2.29. The van der Waals surface area contributed by atoms with Crippen LogP contribution in [0, 0.1) is 0 Å². The highest BCUT2D eigenvalue weighted by atomic mass is 35.5. The van der Waals surface area contributed by atoms with Gasteiger partial charge in [0.1, 0.15) is 11.8 Å². The molecule has 0 fully saturated rings. The largest absolute Gasteiger partial charge is 0.482 e. The quantitative estimate of drug-likeness (QED) is 0.475. The number of hydrogen-bond acceptors (Lipinski definition) is 3. The number of benzene rings is 2. The number of ether oxygens (including phenoxy) is 1. The highest BCUT2D eigenvalue weighted by Gasteiger charge is 2.26. The van der Waals surface area contributed by atoms with E-state index >= 15 is 0 Å². The molecule has 0 radical (unpaired) electrons. The molecular formula is C22H25Cl3N2O3. The number of hydrogen-bond donors (Lipinski definition) is 1. The van der Waals surface area contributed by atoms with Crippen molar-refractivity contribution < 1.29 is 14.3 Å². The van der Waals surface area contributed by atoms with Gasteiger partial charge in [0.25, 0.3) is 5.91 Å². The normalized spacial score (nSPS) is 11.6. The Morgan fingerprint density at radius 2 is 1.83 bits per heavy atom. The molecule has 0 saturated carbocycles. The van der Waals surface area contributed by atoms with Gasteiger partial charge in [-0.3, -0.25) is 9.59 Å². The molecule has 0 aliphatic heterocycles. The van der Waals surface area contributed by atoms with Crippen LogP contribution in [0.2, 0.25) is 15.1 Å². The summed E-state index contributed by atoms with van der Waals surface area (Å²) < 4.78 is 5.58. The van der Waals surface area contributed by atoms with Gasteiger partial charge in [-0.05, 0) is 49.2 Å². The molecule has 2 amide bonds. The molecule has 0 aromatic heterocycles. The smallest absolute Gasteiger partial charge is 0.261 e. The molecule has 162 valence electrons. The van der Waals surface area contributed by atoms with Crippen molar-refractivity contribution in [3.63, 3.8) is 0 Å². The Hall–Kier alpha value is -1.95. The van der Waals surface area contributed by atoms with E-state index < -0.39 is 6.04 Å². The monoisotopic (exact) mass is 470 g/mol. The van der Waals surface area contributed by atoms with Crippen LogP contribution in [0.1, 0.15) is 32.3 Å². The number of halogens is 3. The van der Waals surface area contributed by atoms with Crippen molar-refractivity contribution in [2.24, 2.45) is 0 Å². The SMILES string of the molecule is CCCCNC(=O)C(C)N(Cc1cccc(Cl)c1)C(=O)COc1ccc(Cl)cc1Cl. The summed E-state index contributed by atoms with van der Waals surface area (Å²) in [4.78, 5) is 27.0. The van der Waals surface area contributed by atoms with E-state index in [1.165, 1.54) is 11.0 Å². The van der Waals surface area contributed by atoms with Crippen LogP contribution in [-0.2, 0) is 16.1 Å².